The number of fused-ring (bicyclic) bond motifs is 3. The van der Waals surface area contributed by atoms with Gasteiger partial charge in [-0.25, -0.2) is 5.43 Å². The Bertz CT molecular complexity index is 1300. The molecule has 1 N–H and O–H groups in total. The third-order valence-electron chi connectivity index (χ3n) is 8.74. The molecule has 0 saturated heterocycles. The van der Waals surface area contributed by atoms with Gasteiger partial charge >= 0.3 is 0 Å². The van der Waals surface area contributed by atoms with Gasteiger partial charge in [-0.3, -0.25) is 9.69 Å². The average Bonchev–Trinajstić information content (AvgIpc) is 3.25. The summed E-state index contributed by atoms with van der Waals surface area (Å²) in [6.07, 6.45) is 12.0. The van der Waals surface area contributed by atoms with Crippen molar-refractivity contribution in [3.63, 3.8) is 0 Å². The van der Waals surface area contributed by atoms with Gasteiger partial charge in [-0.05, 0) is 79.0 Å². The van der Waals surface area contributed by atoms with E-state index in [1.807, 2.05) is 26.2 Å². The predicted octanol–water partition coefficient (Wildman–Crippen LogP) is 5.60. The monoisotopic (exact) mass is 497 g/mol. The van der Waals surface area contributed by atoms with Crippen LogP contribution in [-0.2, 0) is 17.8 Å². The summed E-state index contributed by atoms with van der Waals surface area (Å²) >= 11 is 0. The minimum atomic E-state index is -0.0440. The summed E-state index contributed by atoms with van der Waals surface area (Å²) < 4.78 is 2.56. The highest BCUT2D eigenvalue weighted by Gasteiger charge is 2.35. The normalized spacial score (nSPS) is 20.3. The van der Waals surface area contributed by atoms with Gasteiger partial charge in [0.2, 0.25) is 0 Å². The van der Waals surface area contributed by atoms with E-state index in [1.165, 1.54) is 60.7 Å². The fourth-order valence-corrected chi connectivity index (χ4v) is 6.83. The molecule has 0 radical (unpaired) electrons. The number of anilines is 1. The highest BCUT2D eigenvalue weighted by atomic mass is 16.2. The number of hydrogen-bond acceptors (Lipinski definition) is 4. The maximum Gasteiger partial charge on any atom is 0.254 e. The van der Waals surface area contributed by atoms with Crippen molar-refractivity contribution in [3.8, 4) is 0 Å². The van der Waals surface area contributed by atoms with Crippen LogP contribution >= 0.6 is 0 Å². The number of aryl methyl sites for hydroxylation is 1. The van der Waals surface area contributed by atoms with E-state index < -0.39 is 0 Å². The number of carbonyl (C=O) groups is 1. The van der Waals surface area contributed by atoms with E-state index in [0.29, 0.717) is 12.6 Å². The van der Waals surface area contributed by atoms with Gasteiger partial charge in [0.15, 0.2) is 0 Å². The molecular weight excluding hydrogens is 458 g/mol. The predicted molar refractivity (Wildman–Crippen MR) is 152 cm³/mol. The first-order valence-electron chi connectivity index (χ1n) is 14.1. The van der Waals surface area contributed by atoms with Crippen LogP contribution in [0.2, 0.25) is 0 Å². The number of nitrogens with one attached hydrogen (secondary N) is 1. The van der Waals surface area contributed by atoms with Crippen molar-refractivity contribution in [2.24, 2.45) is 5.10 Å². The molecule has 3 aromatic rings. The standard InChI is InChI=1S/C31H39N5O/c1-34(2)25-14-11-22(12-15-25)20-32-33-30(37)21-35-17-18-36-28-16-13-24(23-7-4-3-5-8-23)19-27(28)26-9-6-10-29(35)31(26)36/h11-16,19-20,23,29H,3-10,17-18,21H2,1-2H3,(H,33,37)/b32-20-/t29-/m0/s1. The van der Waals surface area contributed by atoms with Crippen molar-refractivity contribution in [2.45, 2.75) is 69.9 Å². The summed E-state index contributed by atoms with van der Waals surface area (Å²) in [5.74, 6) is 0.686. The van der Waals surface area contributed by atoms with Crippen molar-refractivity contribution in [2.75, 3.05) is 32.1 Å². The zero-order valence-electron chi connectivity index (χ0n) is 22.2. The number of hydrazone groups is 1. The molecular formula is C31H39N5O. The Morgan fingerprint density at radius 1 is 1.03 bits per heavy atom. The van der Waals surface area contributed by atoms with Crippen LogP contribution < -0.4 is 10.3 Å². The van der Waals surface area contributed by atoms with Gasteiger partial charge in [-0.2, -0.15) is 5.10 Å². The van der Waals surface area contributed by atoms with Crippen LogP contribution in [0.15, 0.2) is 47.6 Å². The molecule has 6 rings (SSSR count). The molecule has 0 unspecified atom stereocenters. The molecule has 1 saturated carbocycles. The molecule has 37 heavy (non-hydrogen) atoms. The van der Waals surface area contributed by atoms with Crippen molar-refractivity contribution in [1.82, 2.24) is 14.9 Å². The molecule has 2 aromatic carbocycles. The Hall–Kier alpha value is -3.12. The lowest BCUT2D eigenvalue weighted by Gasteiger charge is -2.39. The fourth-order valence-electron chi connectivity index (χ4n) is 6.83. The first-order valence-corrected chi connectivity index (χ1v) is 14.1. The van der Waals surface area contributed by atoms with Gasteiger partial charge in [0.05, 0.1) is 18.8 Å². The van der Waals surface area contributed by atoms with Gasteiger partial charge in [0, 0.05) is 49.5 Å². The number of carbonyl (C=O) groups excluding carboxylic acids is 1. The molecule has 2 heterocycles. The van der Waals surface area contributed by atoms with Gasteiger partial charge < -0.3 is 9.47 Å². The first-order chi connectivity index (χ1) is 18.1. The third-order valence-corrected chi connectivity index (χ3v) is 8.74. The molecule has 0 spiro atoms. The van der Waals surface area contributed by atoms with E-state index in [4.69, 9.17) is 0 Å². The Balaban J connectivity index is 1.16. The summed E-state index contributed by atoms with van der Waals surface area (Å²) in [4.78, 5) is 17.3. The molecule has 1 amide bonds. The zero-order valence-corrected chi connectivity index (χ0v) is 22.2. The summed E-state index contributed by atoms with van der Waals surface area (Å²) in [5.41, 5.74) is 10.8. The maximum absolute atomic E-state index is 12.8. The number of benzene rings is 2. The molecule has 1 fully saturated rings. The van der Waals surface area contributed by atoms with Crippen LogP contribution in [0.5, 0.6) is 0 Å². The summed E-state index contributed by atoms with van der Waals surface area (Å²) in [6, 6.07) is 15.7. The van der Waals surface area contributed by atoms with Crippen LogP contribution in [-0.4, -0.2) is 48.8 Å². The van der Waals surface area contributed by atoms with Gasteiger partial charge in [0.25, 0.3) is 5.91 Å². The SMILES string of the molecule is CN(C)c1ccc(/C=N\NC(=O)CN2CCn3c4c(c5cc(C6CCCCC6)ccc53)CCC[C@@H]42)cc1. The minimum absolute atomic E-state index is 0.0440. The smallest absolute Gasteiger partial charge is 0.254 e. The highest BCUT2D eigenvalue weighted by Crippen LogP contribution is 2.44. The number of amides is 1. The molecule has 194 valence electrons. The van der Waals surface area contributed by atoms with Gasteiger partial charge in [-0.1, -0.05) is 37.5 Å². The second-order valence-corrected chi connectivity index (χ2v) is 11.3. The van der Waals surface area contributed by atoms with Crippen LogP contribution in [0.25, 0.3) is 10.9 Å². The van der Waals surface area contributed by atoms with Crippen LogP contribution in [0, 0.1) is 0 Å². The fraction of sp³-hybridized carbons (Fsp3) is 0.484. The molecule has 0 bridgehead atoms. The lowest BCUT2D eigenvalue weighted by atomic mass is 9.83. The summed E-state index contributed by atoms with van der Waals surface area (Å²) in [5, 5.41) is 5.70. The molecule has 3 aliphatic rings. The number of hydrogen-bond donors (Lipinski definition) is 1. The number of aromatic nitrogens is 1. The Kier molecular flexibility index (Phi) is 6.76. The van der Waals surface area contributed by atoms with E-state index in [0.717, 1.165) is 43.1 Å². The van der Waals surface area contributed by atoms with Gasteiger partial charge in [-0.15, -0.1) is 0 Å². The maximum atomic E-state index is 12.8. The van der Waals surface area contributed by atoms with Crippen LogP contribution in [0.1, 0.15) is 79.3 Å². The Morgan fingerprint density at radius 2 is 1.84 bits per heavy atom. The quantitative estimate of drug-likeness (QED) is 0.356. The topological polar surface area (TPSA) is 52.9 Å². The van der Waals surface area contributed by atoms with E-state index >= 15 is 0 Å². The Labute approximate surface area is 220 Å². The van der Waals surface area contributed by atoms with Crippen LogP contribution in [0.3, 0.4) is 0 Å². The van der Waals surface area contributed by atoms with E-state index in [9.17, 15) is 4.79 Å². The number of rotatable bonds is 6. The van der Waals surface area contributed by atoms with Crippen molar-refractivity contribution in [1.29, 1.82) is 0 Å². The first kappa shape index (κ1) is 24.2. The lowest BCUT2D eigenvalue weighted by Crippen LogP contribution is -2.44. The molecule has 1 atom stereocenters. The second-order valence-electron chi connectivity index (χ2n) is 11.3. The average molecular weight is 498 g/mol. The van der Waals surface area contributed by atoms with Crippen LogP contribution in [0.4, 0.5) is 5.69 Å². The molecule has 6 heteroatoms. The Morgan fingerprint density at radius 3 is 2.62 bits per heavy atom. The molecule has 2 aliphatic carbocycles. The van der Waals surface area contributed by atoms with E-state index in [1.54, 1.807) is 11.8 Å². The van der Waals surface area contributed by atoms with Crippen molar-refractivity contribution in [3.05, 3.63) is 64.8 Å². The second kappa shape index (κ2) is 10.3. The lowest BCUT2D eigenvalue weighted by molar-refractivity contribution is -0.123. The number of nitrogens with zero attached hydrogens (tertiary/aromatic N) is 4. The molecule has 6 nitrogen and oxygen atoms in total. The van der Waals surface area contributed by atoms with E-state index in [-0.39, 0.29) is 5.91 Å². The third kappa shape index (κ3) is 4.79. The highest BCUT2D eigenvalue weighted by molar-refractivity contribution is 5.87. The zero-order chi connectivity index (χ0) is 25.4. The summed E-state index contributed by atoms with van der Waals surface area (Å²) in [6.45, 7) is 2.23. The molecule has 1 aliphatic heterocycles. The van der Waals surface area contributed by atoms with Gasteiger partial charge in [0.1, 0.15) is 0 Å². The van der Waals surface area contributed by atoms with Crippen molar-refractivity contribution >= 4 is 28.7 Å². The minimum Gasteiger partial charge on any atom is -0.378 e. The van der Waals surface area contributed by atoms with Crippen molar-refractivity contribution < 1.29 is 4.79 Å². The summed E-state index contributed by atoms with van der Waals surface area (Å²) in [7, 11) is 4.04. The molecule has 1 aromatic heterocycles. The largest absolute Gasteiger partial charge is 0.378 e. The van der Waals surface area contributed by atoms with E-state index in [2.05, 4.69) is 55.2 Å².